The van der Waals surface area contributed by atoms with Crippen LogP contribution in [0.5, 0.6) is 0 Å². The number of carbonyl (C=O) groups excluding carboxylic acids is 1. The van der Waals surface area contributed by atoms with E-state index >= 15 is 0 Å². The fourth-order valence-corrected chi connectivity index (χ4v) is 2.75. The van der Waals surface area contributed by atoms with Crippen LogP contribution in [0.4, 0.5) is 5.69 Å². The first-order valence-corrected chi connectivity index (χ1v) is 7.52. The van der Waals surface area contributed by atoms with Crippen molar-refractivity contribution >= 4 is 11.6 Å². The van der Waals surface area contributed by atoms with Crippen LogP contribution >= 0.6 is 0 Å². The molecule has 0 bridgehead atoms. The molecule has 21 heavy (non-hydrogen) atoms. The second-order valence-corrected chi connectivity index (χ2v) is 5.74. The van der Waals surface area contributed by atoms with E-state index in [9.17, 15) is 4.79 Å². The van der Waals surface area contributed by atoms with Crippen LogP contribution in [0.1, 0.15) is 25.3 Å². The monoisotopic (exact) mass is 280 g/mol. The molecule has 0 spiro atoms. The first-order chi connectivity index (χ1) is 10.2. The molecule has 2 atom stereocenters. The molecule has 3 rings (SSSR count). The third kappa shape index (κ3) is 2.97. The number of anilines is 1. The first kappa shape index (κ1) is 13.8. The summed E-state index contributed by atoms with van der Waals surface area (Å²) < 4.78 is 0. The molecule has 1 N–H and O–H groups in total. The van der Waals surface area contributed by atoms with Gasteiger partial charge in [0.05, 0.1) is 5.69 Å². The smallest absolute Gasteiger partial charge is 0.227 e. The predicted molar refractivity (Wildman–Crippen MR) is 84.9 cm³/mol. The Morgan fingerprint density at radius 2 is 2.19 bits per heavy atom. The fraction of sp³-hybridized carbons (Fsp3) is 0.333. The molecule has 3 heteroatoms. The van der Waals surface area contributed by atoms with E-state index in [0.29, 0.717) is 5.92 Å². The van der Waals surface area contributed by atoms with Crippen molar-refractivity contribution in [2.45, 2.75) is 26.7 Å². The topological polar surface area (TPSA) is 42.0 Å². The van der Waals surface area contributed by atoms with Crippen molar-refractivity contribution in [1.29, 1.82) is 0 Å². The van der Waals surface area contributed by atoms with Crippen molar-refractivity contribution < 1.29 is 4.79 Å². The van der Waals surface area contributed by atoms with Gasteiger partial charge in [0.15, 0.2) is 0 Å². The van der Waals surface area contributed by atoms with Crippen molar-refractivity contribution in [1.82, 2.24) is 4.98 Å². The van der Waals surface area contributed by atoms with Gasteiger partial charge in [0, 0.05) is 23.4 Å². The van der Waals surface area contributed by atoms with Gasteiger partial charge in [0.1, 0.15) is 0 Å². The number of hydrogen-bond acceptors (Lipinski definition) is 2. The summed E-state index contributed by atoms with van der Waals surface area (Å²) in [5.74, 6) is 0.929. The van der Waals surface area contributed by atoms with Gasteiger partial charge in [-0.05, 0) is 49.1 Å². The largest absolute Gasteiger partial charge is 0.326 e. The van der Waals surface area contributed by atoms with Gasteiger partial charge in [-0.1, -0.05) is 25.5 Å². The third-order valence-electron chi connectivity index (χ3n) is 4.23. The standard InChI is InChI=1S/C18H20N2O/c1-3-13-10-16(13)18(21)20-14-8-7-12(2)15(11-14)17-6-4-5-9-19-17/h4-9,11,13,16H,3,10H2,1-2H3,(H,20,21)/t13-,16+/m1/s1. The Kier molecular flexibility index (Phi) is 3.74. The number of hydrogen-bond donors (Lipinski definition) is 1. The van der Waals surface area contributed by atoms with E-state index in [0.717, 1.165) is 35.3 Å². The molecule has 0 saturated heterocycles. The number of aryl methyl sites for hydroxylation is 1. The number of nitrogens with zero attached hydrogens (tertiary/aromatic N) is 1. The molecule has 1 heterocycles. The summed E-state index contributed by atoms with van der Waals surface area (Å²) in [6, 6.07) is 11.9. The summed E-state index contributed by atoms with van der Waals surface area (Å²) in [5.41, 5.74) is 4.01. The normalized spacial score (nSPS) is 20.1. The Labute approximate surface area is 125 Å². The molecule has 108 valence electrons. The van der Waals surface area contributed by atoms with Gasteiger partial charge in [0.2, 0.25) is 5.91 Å². The maximum atomic E-state index is 12.2. The minimum atomic E-state index is 0.151. The van der Waals surface area contributed by atoms with Gasteiger partial charge in [-0.3, -0.25) is 9.78 Å². The van der Waals surface area contributed by atoms with Gasteiger partial charge in [-0.15, -0.1) is 0 Å². The Morgan fingerprint density at radius 1 is 1.33 bits per heavy atom. The molecular weight excluding hydrogens is 260 g/mol. The maximum absolute atomic E-state index is 12.2. The highest BCUT2D eigenvalue weighted by molar-refractivity contribution is 5.95. The van der Waals surface area contributed by atoms with Crippen LogP contribution in [0.15, 0.2) is 42.6 Å². The molecule has 1 amide bonds. The minimum absolute atomic E-state index is 0.151. The van der Waals surface area contributed by atoms with Crippen LogP contribution in [0.3, 0.4) is 0 Å². The Balaban J connectivity index is 1.80. The van der Waals surface area contributed by atoms with Gasteiger partial charge >= 0.3 is 0 Å². The summed E-state index contributed by atoms with van der Waals surface area (Å²) >= 11 is 0. The third-order valence-corrected chi connectivity index (χ3v) is 4.23. The summed E-state index contributed by atoms with van der Waals surface area (Å²) in [4.78, 5) is 16.5. The van der Waals surface area contributed by atoms with Crippen LogP contribution in [0, 0.1) is 18.8 Å². The number of rotatable bonds is 4. The van der Waals surface area contributed by atoms with Gasteiger partial charge < -0.3 is 5.32 Å². The highest BCUT2D eigenvalue weighted by Crippen LogP contribution is 2.41. The van der Waals surface area contributed by atoms with Crippen LogP contribution in [0.25, 0.3) is 11.3 Å². The van der Waals surface area contributed by atoms with E-state index < -0.39 is 0 Å². The second-order valence-electron chi connectivity index (χ2n) is 5.74. The average molecular weight is 280 g/mol. The first-order valence-electron chi connectivity index (χ1n) is 7.52. The summed E-state index contributed by atoms with van der Waals surface area (Å²) in [5, 5.41) is 3.04. The Bertz CT molecular complexity index is 652. The van der Waals surface area contributed by atoms with E-state index in [2.05, 4.69) is 24.1 Å². The molecule has 1 aliphatic carbocycles. The maximum Gasteiger partial charge on any atom is 0.227 e. The number of nitrogens with one attached hydrogen (secondary N) is 1. The van der Waals surface area contributed by atoms with Crippen molar-refractivity contribution in [2.24, 2.45) is 11.8 Å². The summed E-state index contributed by atoms with van der Waals surface area (Å²) in [7, 11) is 0. The molecule has 1 aliphatic rings. The van der Waals surface area contributed by atoms with E-state index in [4.69, 9.17) is 0 Å². The lowest BCUT2D eigenvalue weighted by atomic mass is 10.0. The van der Waals surface area contributed by atoms with Crippen LogP contribution in [-0.2, 0) is 4.79 Å². The zero-order valence-electron chi connectivity index (χ0n) is 12.5. The lowest BCUT2D eigenvalue weighted by molar-refractivity contribution is -0.117. The van der Waals surface area contributed by atoms with Gasteiger partial charge in [-0.25, -0.2) is 0 Å². The SMILES string of the molecule is CC[C@@H]1C[C@@H]1C(=O)Nc1ccc(C)c(-c2ccccn2)c1. The Morgan fingerprint density at radius 3 is 2.86 bits per heavy atom. The Hall–Kier alpha value is -2.16. The molecule has 1 aromatic carbocycles. The van der Waals surface area contributed by atoms with Crippen LogP contribution in [0.2, 0.25) is 0 Å². The van der Waals surface area contributed by atoms with Crippen molar-refractivity contribution in [3.05, 3.63) is 48.2 Å². The highest BCUT2D eigenvalue weighted by Gasteiger charge is 2.41. The van der Waals surface area contributed by atoms with Crippen molar-refractivity contribution in [3.8, 4) is 11.3 Å². The van der Waals surface area contributed by atoms with Crippen LogP contribution < -0.4 is 5.32 Å². The molecule has 1 saturated carbocycles. The molecule has 0 aliphatic heterocycles. The predicted octanol–water partition coefficient (Wildman–Crippen LogP) is 4.04. The lowest BCUT2D eigenvalue weighted by Crippen LogP contribution is -2.14. The molecule has 2 aromatic rings. The number of amides is 1. The number of pyridine rings is 1. The fourth-order valence-electron chi connectivity index (χ4n) is 2.75. The molecule has 1 fully saturated rings. The molecular formula is C18H20N2O. The molecule has 1 aromatic heterocycles. The van der Waals surface area contributed by atoms with Crippen molar-refractivity contribution in [2.75, 3.05) is 5.32 Å². The summed E-state index contributed by atoms with van der Waals surface area (Å²) in [6.07, 6.45) is 3.91. The average Bonchev–Trinajstić information content (AvgIpc) is 3.30. The molecule has 0 radical (unpaired) electrons. The quantitative estimate of drug-likeness (QED) is 0.918. The zero-order valence-corrected chi connectivity index (χ0v) is 12.5. The van der Waals surface area contributed by atoms with E-state index in [1.807, 2.05) is 36.4 Å². The van der Waals surface area contributed by atoms with E-state index in [1.54, 1.807) is 6.20 Å². The summed E-state index contributed by atoms with van der Waals surface area (Å²) in [6.45, 7) is 4.20. The minimum Gasteiger partial charge on any atom is -0.326 e. The van der Waals surface area contributed by atoms with Crippen LogP contribution in [-0.4, -0.2) is 10.9 Å². The highest BCUT2D eigenvalue weighted by atomic mass is 16.2. The number of benzene rings is 1. The van der Waals surface area contributed by atoms with E-state index in [1.165, 1.54) is 0 Å². The second kappa shape index (κ2) is 5.68. The zero-order chi connectivity index (χ0) is 14.8. The number of carbonyl (C=O) groups is 1. The number of aromatic nitrogens is 1. The van der Waals surface area contributed by atoms with E-state index in [-0.39, 0.29) is 11.8 Å². The molecule has 0 unspecified atom stereocenters. The lowest BCUT2D eigenvalue weighted by Gasteiger charge is -2.10. The molecule has 3 nitrogen and oxygen atoms in total. The van der Waals surface area contributed by atoms with Gasteiger partial charge in [-0.2, -0.15) is 0 Å². The van der Waals surface area contributed by atoms with Crippen molar-refractivity contribution in [3.63, 3.8) is 0 Å². The van der Waals surface area contributed by atoms with Gasteiger partial charge in [0.25, 0.3) is 0 Å².